The number of hydrogen-bond donors (Lipinski definition) is 1. The lowest BCUT2D eigenvalue weighted by atomic mass is 9.93. The highest BCUT2D eigenvalue weighted by Crippen LogP contribution is 2.42. The van der Waals surface area contributed by atoms with Gasteiger partial charge in [0.05, 0.1) is 0 Å². The van der Waals surface area contributed by atoms with E-state index in [1.54, 1.807) is 0 Å². The molecule has 2 aliphatic rings. The summed E-state index contributed by atoms with van der Waals surface area (Å²) in [6, 6.07) is 16.3. The van der Waals surface area contributed by atoms with E-state index in [-0.39, 0.29) is 12.5 Å². The molecule has 5 nitrogen and oxygen atoms in total. The standard InChI is InChI=1S/C24H30N4O/c1-17-26-23-8-5-12-25-24(23)28(17)22-14-20-9-10-21(15-22)27(20)13-11-19(16-29)18-6-3-2-4-7-18/h2-8,12,19-22,29H,9-11,13-16H2,1H3/t19-,20-,21+,22?/m1/s1. The van der Waals surface area contributed by atoms with Crippen molar-refractivity contribution >= 4 is 11.2 Å². The molecule has 5 rings (SSSR count). The first-order valence-electron chi connectivity index (χ1n) is 11.0. The Hall–Kier alpha value is -2.24. The zero-order valence-corrected chi connectivity index (χ0v) is 17.1. The third-order valence-corrected chi connectivity index (χ3v) is 7.08. The molecule has 2 aliphatic heterocycles. The van der Waals surface area contributed by atoms with Crippen molar-refractivity contribution in [2.24, 2.45) is 0 Å². The van der Waals surface area contributed by atoms with Crippen molar-refractivity contribution in [1.29, 1.82) is 0 Å². The van der Waals surface area contributed by atoms with Crippen molar-refractivity contribution in [3.05, 3.63) is 60.0 Å². The summed E-state index contributed by atoms with van der Waals surface area (Å²) < 4.78 is 2.39. The van der Waals surface area contributed by atoms with Gasteiger partial charge in [-0.3, -0.25) is 4.90 Å². The van der Waals surface area contributed by atoms with Crippen LogP contribution in [0.4, 0.5) is 0 Å². The summed E-state index contributed by atoms with van der Waals surface area (Å²) in [6.45, 7) is 3.41. The van der Waals surface area contributed by atoms with E-state index in [2.05, 4.69) is 51.7 Å². The number of fused-ring (bicyclic) bond motifs is 3. The number of aryl methyl sites for hydroxylation is 1. The van der Waals surface area contributed by atoms with Crippen LogP contribution in [0.15, 0.2) is 48.7 Å². The number of imidazole rings is 1. The van der Waals surface area contributed by atoms with Crippen molar-refractivity contribution in [2.45, 2.75) is 63.1 Å². The first kappa shape index (κ1) is 18.8. The number of aliphatic hydroxyl groups excluding tert-OH is 1. The molecule has 2 bridgehead atoms. The molecule has 1 unspecified atom stereocenters. The van der Waals surface area contributed by atoms with Gasteiger partial charge in [0.2, 0.25) is 0 Å². The van der Waals surface area contributed by atoms with E-state index in [1.165, 1.54) is 31.2 Å². The number of pyridine rings is 1. The zero-order valence-electron chi connectivity index (χ0n) is 17.1. The lowest BCUT2D eigenvalue weighted by Crippen LogP contribution is -2.44. The molecule has 0 spiro atoms. The molecule has 0 radical (unpaired) electrons. The fraction of sp³-hybridized carbons (Fsp3) is 0.500. The van der Waals surface area contributed by atoms with Crippen LogP contribution < -0.4 is 0 Å². The molecule has 3 aromatic rings. The second kappa shape index (κ2) is 7.88. The Bertz CT molecular complexity index is 955. The van der Waals surface area contributed by atoms with Gasteiger partial charge in [0.1, 0.15) is 11.3 Å². The molecule has 4 atom stereocenters. The van der Waals surface area contributed by atoms with Gasteiger partial charge in [-0.1, -0.05) is 30.3 Å². The normalized spacial score (nSPS) is 25.5. The molecular weight excluding hydrogens is 360 g/mol. The first-order chi connectivity index (χ1) is 14.2. The van der Waals surface area contributed by atoms with Gasteiger partial charge in [0.25, 0.3) is 0 Å². The van der Waals surface area contributed by atoms with Crippen LogP contribution in [0.3, 0.4) is 0 Å². The molecule has 5 heteroatoms. The number of hydrogen-bond acceptors (Lipinski definition) is 4. The van der Waals surface area contributed by atoms with Crippen LogP contribution >= 0.6 is 0 Å². The Kier molecular flexibility index (Phi) is 5.10. The van der Waals surface area contributed by atoms with Crippen LogP contribution in [-0.2, 0) is 0 Å². The van der Waals surface area contributed by atoms with Crippen LogP contribution in [0.5, 0.6) is 0 Å². The number of piperidine rings is 1. The molecule has 1 N–H and O–H groups in total. The van der Waals surface area contributed by atoms with E-state index in [0.717, 1.165) is 30.0 Å². The Morgan fingerprint density at radius 1 is 1.03 bits per heavy atom. The van der Waals surface area contributed by atoms with Crippen LogP contribution in [0.25, 0.3) is 11.2 Å². The van der Waals surface area contributed by atoms with Crippen molar-refractivity contribution < 1.29 is 5.11 Å². The molecule has 29 heavy (non-hydrogen) atoms. The van der Waals surface area contributed by atoms with Gasteiger partial charge in [-0.05, 0) is 63.3 Å². The number of nitrogens with zero attached hydrogens (tertiary/aromatic N) is 4. The smallest absolute Gasteiger partial charge is 0.160 e. The van der Waals surface area contributed by atoms with E-state index >= 15 is 0 Å². The van der Waals surface area contributed by atoms with Crippen LogP contribution in [-0.4, -0.2) is 49.8 Å². The van der Waals surface area contributed by atoms with E-state index in [1.807, 2.05) is 18.3 Å². The Labute approximate surface area is 172 Å². The maximum absolute atomic E-state index is 9.92. The Morgan fingerprint density at radius 3 is 2.52 bits per heavy atom. The Morgan fingerprint density at radius 2 is 1.79 bits per heavy atom. The third kappa shape index (κ3) is 3.47. The summed E-state index contributed by atoms with van der Waals surface area (Å²) in [4.78, 5) is 12.1. The van der Waals surface area contributed by atoms with Crippen LogP contribution in [0.2, 0.25) is 0 Å². The van der Waals surface area contributed by atoms with Gasteiger partial charge < -0.3 is 9.67 Å². The number of rotatable bonds is 6. The Balaban J connectivity index is 1.30. The fourth-order valence-electron chi connectivity index (χ4n) is 5.69. The number of aliphatic hydroxyl groups is 1. The molecular formula is C24H30N4O. The maximum Gasteiger partial charge on any atom is 0.160 e. The fourth-order valence-corrected chi connectivity index (χ4v) is 5.69. The molecule has 152 valence electrons. The minimum absolute atomic E-state index is 0.224. The SMILES string of the molecule is Cc1nc2cccnc2n1C1C[C@H]2CC[C@@H](C1)N2CC[C@H](CO)c1ccccc1. The largest absolute Gasteiger partial charge is 0.396 e. The second-order valence-electron chi connectivity index (χ2n) is 8.70. The molecule has 2 fully saturated rings. The predicted molar refractivity (Wildman–Crippen MR) is 115 cm³/mol. The number of aromatic nitrogens is 3. The van der Waals surface area contributed by atoms with Crippen molar-refractivity contribution in [3.8, 4) is 0 Å². The number of benzene rings is 1. The molecule has 4 heterocycles. The summed E-state index contributed by atoms with van der Waals surface area (Å²) in [5, 5.41) is 9.92. The van der Waals surface area contributed by atoms with Crippen LogP contribution in [0.1, 0.15) is 55.5 Å². The highest BCUT2D eigenvalue weighted by Gasteiger charge is 2.41. The van der Waals surface area contributed by atoms with Crippen LogP contribution in [0, 0.1) is 6.92 Å². The minimum Gasteiger partial charge on any atom is -0.396 e. The van der Waals surface area contributed by atoms with E-state index in [9.17, 15) is 5.11 Å². The summed E-state index contributed by atoms with van der Waals surface area (Å²) >= 11 is 0. The molecule has 0 aliphatic carbocycles. The van der Waals surface area contributed by atoms with Gasteiger partial charge >= 0.3 is 0 Å². The predicted octanol–water partition coefficient (Wildman–Crippen LogP) is 4.07. The van der Waals surface area contributed by atoms with Gasteiger partial charge in [-0.25, -0.2) is 9.97 Å². The zero-order chi connectivity index (χ0) is 19.8. The van der Waals surface area contributed by atoms with E-state index < -0.39 is 0 Å². The lowest BCUT2D eigenvalue weighted by molar-refractivity contribution is 0.1000. The first-order valence-corrected chi connectivity index (χ1v) is 11.0. The third-order valence-electron chi connectivity index (χ3n) is 7.08. The monoisotopic (exact) mass is 390 g/mol. The second-order valence-corrected chi connectivity index (χ2v) is 8.70. The lowest BCUT2D eigenvalue weighted by Gasteiger charge is -2.40. The molecule has 2 saturated heterocycles. The molecule has 1 aromatic carbocycles. The van der Waals surface area contributed by atoms with Crippen molar-refractivity contribution in [1.82, 2.24) is 19.4 Å². The highest BCUT2D eigenvalue weighted by atomic mass is 16.3. The van der Waals surface area contributed by atoms with Gasteiger partial charge in [0, 0.05) is 36.8 Å². The average molecular weight is 391 g/mol. The summed E-state index contributed by atoms with van der Waals surface area (Å²) in [5.74, 6) is 1.32. The average Bonchev–Trinajstić information content (AvgIpc) is 3.20. The molecule has 2 aromatic heterocycles. The molecule has 0 amide bonds. The summed E-state index contributed by atoms with van der Waals surface area (Å²) in [5.41, 5.74) is 3.30. The van der Waals surface area contributed by atoms with Gasteiger partial charge in [-0.15, -0.1) is 0 Å². The quantitative estimate of drug-likeness (QED) is 0.689. The van der Waals surface area contributed by atoms with Gasteiger partial charge in [-0.2, -0.15) is 0 Å². The van der Waals surface area contributed by atoms with E-state index in [0.29, 0.717) is 18.1 Å². The van der Waals surface area contributed by atoms with Crippen molar-refractivity contribution in [3.63, 3.8) is 0 Å². The highest BCUT2D eigenvalue weighted by molar-refractivity contribution is 5.71. The maximum atomic E-state index is 9.92. The summed E-state index contributed by atoms with van der Waals surface area (Å²) in [7, 11) is 0. The van der Waals surface area contributed by atoms with E-state index in [4.69, 9.17) is 4.98 Å². The topological polar surface area (TPSA) is 54.2 Å². The van der Waals surface area contributed by atoms with Crippen molar-refractivity contribution in [2.75, 3.05) is 13.2 Å². The minimum atomic E-state index is 0.224. The summed E-state index contributed by atoms with van der Waals surface area (Å²) in [6.07, 6.45) is 7.82. The van der Waals surface area contributed by atoms with Gasteiger partial charge in [0.15, 0.2) is 5.65 Å². The molecule has 0 saturated carbocycles.